The number of hydrogen-bond donors (Lipinski definition) is 2. The molecule has 1 aromatic carbocycles. The van der Waals surface area contributed by atoms with Crippen LogP contribution in [-0.4, -0.2) is 23.8 Å². The van der Waals surface area contributed by atoms with E-state index in [4.69, 9.17) is 4.74 Å². The van der Waals surface area contributed by atoms with Gasteiger partial charge < -0.3 is 15.2 Å². The van der Waals surface area contributed by atoms with E-state index in [-0.39, 0.29) is 5.97 Å². The molecule has 122 valence electrons. The second-order valence-corrected chi connectivity index (χ2v) is 6.22. The van der Waals surface area contributed by atoms with Crippen molar-refractivity contribution in [2.45, 2.75) is 45.6 Å². The maximum absolute atomic E-state index is 11.7. The molecule has 1 unspecified atom stereocenters. The summed E-state index contributed by atoms with van der Waals surface area (Å²) in [7, 11) is 1.37. The van der Waals surface area contributed by atoms with E-state index in [0.29, 0.717) is 11.5 Å². The highest BCUT2D eigenvalue weighted by molar-refractivity contribution is 5.95. The predicted octanol–water partition coefficient (Wildman–Crippen LogP) is 3.98. The zero-order chi connectivity index (χ0) is 16.6. The van der Waals surface area contributed by atoms with Crippen LogP contribution in [0, 0.1) is 5.92 Å². The summed E-state index contributed by atoms with van der Waals surface area (Å²) in [5.74, 6) is 0.0508. The summed E-state index contributed by atoms with van der Waals surface area (Å²) in [5, 5.41) is 12.8. The van der Waals surface area contributed by atoms with Gasteiger partial charge in [0.15, 0.2) is 0 Å². The van der Waals surface area contributed by atoms with Crippen LogP contribution < -0.4 is 5.32 Å². The van der Waals surface area contributed by atoms with E-state index < -0.39 is 5.60 Å². The zero-order valence-corrected chi connectivity index (χ0v) is 13.9. The van der Waals surface area contributed by atoms with Crippen molar-refractivity contribution >= 4 is 11.7 Å². The second kappa shape index (κ2) is 8.59. The lowest BCUT2D eigenvalue weighted by atomic mass is 9.97. The van der Waals surface area contributed by atoms with Crippen LogP contribution in [-0.2, 0) is 4.74 Å². The van der Waals surface area contributed by atoms with E-state index >= 15 is 0 Å². The van der Waals surface area contributed by atoms with Gasteiger partial charge in [-0.15, -0.1) is 0 Å². The molecule has 22 heavy (non-hydrogen) atoms. The lowest BCUT2D eigenvalue weighted by Gasteiger charge is -2.17. The molecule has 0 aliphatic rings. The number of anilines is 1. The maximum atomic E-state index is 11.7. The van der Waals surface area contributed by atoms with Crippen molar-refractivity contribution in [3.05, 3.63) is 42.1 Å². The molecule has 1 atom stereocenters. The average molecular weight is 305 g/mol. The molecule has 0 saturated heterocycles. The van der Waals surface area contributed by atoms with Crippen molar-refractivity contribution in [3.8, 4) is 0 Å². The molecule has 0 fully saturated rings. The number of carbonyl (C=O) groups is 1. The molecule has 0 aliphatic carbocycles. The highest BCUT2D eigenvalue weighted by atomic mass is 16.5. The van der Waals surface area contributed by atoms with Gasteiger partial charge in [-0.2, -0.15) is 0 Å². The van der Waals surface area contributed by atoms with Crippen molar-refractivity contribution in [1.29, 1.82) is 0 Å². The minimum atomic E-state index is -0.596. The Hall–Kier alpha value is -1.81. The quantitative estimate of drug-likeness (QED) is 0.713. The Kier molecular flexibility index (Phi) is 7.12. The van der Waals surface area contributed by atoms with E-state index in [1.54, 1.807) is 12.1 Å². The highest BCUT2D eigenvalue weighted by Gasteiger charge is 2.12. The van der Waals surface area contributed by atoms with Gasteiger partial charge in [0.05, 0.1) is 24.0 Å². The number of esters is 1. The van der Waals surface area contributed by atoms with Crippen LogP contribution in [0.15, 0.2) is 36.5 Å². The molecule has 0 heterocycles. The fourth-order valence-electron chi connectivity index (χ4n) is 2.15. The third-order valence-electron chi connectivity index (χ3n) is 3.44. The Bertz CT molecular complexity index is 503. The molecule has 0 amide bonds. The van der Waals surface area contributed by atoms with Gasteiger partial charge in [0.2, 0.25) is 0 Å². The van der Waals surface area contributed by atoms with Crippen LogP contribution >= 0.6 is 0 Å². The number of allylic oxidation sites excluding steroid dienone is 1. The smallest absolute Gasteiger partial charge is 0.339 e. The molecule has 0 radical (unpaired) electrons. The summed E-state index contributed by atoms with van der Waals surface area (Å²) in [6.45, 7) is 5.80. The van der Waals surface area contributed by atoms with Gasteiger partial charge in [-0.25, -0.2) is 4.79 Å². The van der Waals surface area contributed by atoms with E-state index in [2.05, 4.69) is 18.3 Å². The maximum Gasteiger partial charge on any atom is 0.339 e. The SMILES string of the molecule is COC(=O)c1ccccc1N/C=C/C(C)CCCC(C)(C)O. The largest absolute Gasteiger partial charge is 0.465 e. The Morgan fingerprint density at radius 1 is 1.41 bits per heavy atom. The van der Waals surface area contributed by atoms with Crippen molar-refractivity contribution in [2.24, 2.45) is 5.92 Å². The Morgan fingerprint density at radius 3 is 2.73 bits per heavy atom. The standard InChI is InChI=1S/C18H27NO3/c1-14(8-7-12-18(2,3)21)11-13-19-16-10-6-5-9-15(16)17(20)22-4/h5-6,9-11,13-14,19,21H,7-8,12H2,1-4H3/b13-11+. The fourth-order valence-corrected chi connectivity index (χ4v) is 2.15. The Labute approximate surface area is 133 Å². The van der Waals surface area contributed by atoms with Gasteiger partial charge in [0.25, 0.3) is 0 Å². The molecule has 1 aromatic rings. The summed E-state index contributed by atoms with van der Waals surface area (Å²) in [5.41, 5.74) is 0.653. The van der Waals surface area contributed by atoms with Crippen LogP contribution in [0.5, 0.6) is 0 Å². The first-order valence-electron chi connectivity index (χ1n) is 7.66. The molecule has 0 aromatic heterocycles. The third kappa shape index (κ3) is 6.76. The van der Waals surface area contributed by atoms with Crippen LogP contribution in [0.3, 0.4) is 0 Å². The molecule has 4 heteroatoms. The molecule has 0 saturated carbocycles. The number of nitrogens with one attached hydrogen (secondary N) is 1. The third-order valence-corrected chi connectivity index (χ3v) is 3.44. The van der Waals surface area contributed by atoms with Gasteiger partial charge in [0, 0.05) is 0 Å². The first-order chi connectivity index (χ1) is 10.3. The first-order valence-corrected chi connectivity index (χ1v) is 7.66. The monoisotopic (exact) mass is 305 g/mol. The lowest BCUT2D eigenvalue weighted by molar-refractivity contribution is 0.0601. The first kappa shape index (κ1) is 18.2. The summed E-state index contributed by atoms with van der Waals surface area (Å²) in [6.07, 6.45) is 6.72. The Morgan fingerprint density at radius 2 is 2.09 bits per heavy atom. The Balaban J connectivity index is 2.50. The zero-order valence-electron chi connectivity index (χ0n) is 13.9. The predicted molar refractivity (Wildman–Crippen MR) is 89.9 cm³/mol. The summed E-state index contributed by atoms with van der Waals surface area (Å²) < 4.78 is 4.76. The molecule has 0 spiro atoms. The molecule has 4 nitrogen and oxygen atoms in total. The topological polar surface area (TPSA) is 58.6 Å². The number of para-hydroxylation sites is 1. The van der Waals surface area contributed by atoms with Gasteiger partial charge in [0.1, 0.15) is 0 Å². The van der Waals surface area contributed by atoms with Crippen molar-refractivity contribution in [2.75, 3.05) is 12.4 Å². The number of hydrogen-bond acceptors (Lipinski definition) is 4. The number of rotatable bonds is 8. The number of methoxy groups -OCH3 is 1. The van der Waals surface area contributed by atoms with Gasteiger partial charge >= 0.3 is 5.97 Å². The normalized spacial score (nSPS) is 13.1. The number of ether oxygens (including phenoxy) is 1. The average Bonchev–Trinajstić information content (AvgIpc) is 2.45. The molecule has 0 bridgehead atoms. The van der Waals surface area contributed by atoms with Crippen molar-refractivity contribution in [3.63, 3.8) is 0 Å². The van der Waals surface area contributed by atoms with Crippen molar-refractivity contribution in [1.82, 2.24) is 0 Å². The number of benzene rings is 1. The second-order valence-electron chi connectivity index (χ2n) is 6.22. The number of carbonyl (C=O) groups excluding carboxylic acids is 1. The molecular weight excluding hydrogens is 278 g/mol. The van der Waals surface area contributed by atoms with Crippen LogP contribution in [0.4, 0.5) is 5.69 Å². The van der Waals surface area contributed by atoms with Crippen LogP contribution in [0.25, 0.3) is 0 Å². The van der Waals surface area contributed by atoms with Crippen molar-refractivity contribution < 1.29 is 14.6 Å². The van der Waals surface area contributed by atoms with Crippen LogP contribution in [0.1, 0.15) is 50.4 Å². The van der Waals surface area contributed by atoms with Gasteiger partial charge in [-0.3, -0.25) is 0 Å². The van der Waals surface area contributed by atoms with E-state index in [1.807, 2.05) is 32.2 Å². The lowest BCUT2D eigenvalue weighted by Crippen LogP contribution is -2.18. The number of aliphatic hydroxyl groups is 1. The highest BCUT2D eigenvalue weighted by Crippen LogP contribution is 2.18. The summed E-state index contributed by atoms with van der Waals surface area (Å²) >= 11 is 0. The van der Waals surface area contributed by atoms with E-state index in [0.717, 1.165) is 24.9 Å². The molecular formula is C18H27NO3. The van der Waals surface area contributed by atoms with E-state index in [9.17, 15) is 9.90 Å². The fraction of sp³-hybridized carbons (Fsp3) is 0.500. The minimum Gasteiger partial charge on any atom is -0.465 e. The molecule has 1 rings (SSSR count). The van der Waals surface area contributed by atoms with Gasteiger partial charge in [-0.1, -0.05) is 31.6 Å². The molecule has 2 N–H and O–H groups in total. The van der Waals surface area contributed by atoms with E-state index in [1.165, 1.54) is 7.11 Å². The summed E-state index contributed by atoms with van der Waals surface area (Å²) in [6, 6.07) is 7.25. The van der Waals surface area contributed by atoms with Gasteiger partial charge in [-0.05, 0) is 50.9 Å². The molecule has 0 aliphatic heterocycles. The minimum absolute atomic E-state index is 0.352. The summed E-state index contributed by atoms with van der Waals surface area (Å²) in [4.78, 5) is 11.7. The van der Waals surface area contributed by atoms with Crippen LogP contribution in [0.2, 0.25) is 0 Å².